The van der Waals surface area contributed by atoms with Gasteiger partial charge in [0.25, 0.3) is 0 Å². The Hall–Kier alpha value is -3.14. The first kappa shape index (κ1) is 17.7. The molecule has 2 aromatic carbocycles. The lowest BCUT2D eigenvalue weighted by atomic mass is 10.1. The summed E-state index contributed by atoms with van der Waals surface area (Å²) in [4.78, 5) is 15.7. The van der Waals surface area contributed by atoms with Gasteiger partial charge in [-0.2, -0.15) is 0 Å². The van der Waals surface area contributed by atoms with E-state index in [4.69, 9.17) is 5.11 Å². The second kappa shape index (κ2) is 7.00. The maximum atomic E-state index is 11.0. The predicted octanol–water partition coefficient (Wildman–Crippen LogP) is 5.16. The van der Waals surface area contributed by atoms with E-state index in [-0.39, 0.29) is 5.56 Å². The minimum Gasteiger partial charge on any atom is -0.478 e. The molecule has 1 heterocycles. The number of rotatable bonds is 4. The van der Waals surface area contributed by atoms with Crippen LogP contribution in [0.3, 0.4) is 0 Å². The van der Waals surface area contributed by atoms with Crippen molar-refractivity contribution >= 4 is 17.9 Å². The first-order valence-electron chi connectivity index (χ1n) is 8.51. The number of carboxylic acid groups (broad SMARTS) is 1. The first-order valence-corrected chi connectivity index (χ1v) is 8.51. The number of carbonyl (C=O) groups is 1. The van der Waals surface area contributed by atoms with Crippen molar-refractivity contribution in [1.82, 2.24) is 4.57 Å². The van der Waals surface area contributed by atoms with Gasteiger partial charge in [0.2, 0.25) is 0 Å². The third kappa shape index (κ3) is 3.31. The third-order valence-electron chi connectivity index (χ3n) is 4.76. The van der Waals surface area contributed by atoms with Crippen LogP contribution in [0.2, 0.25) is 0 Å². The highest BCUT2D eigenvalue weighted by Crippen LogP contribution is 2.23. The van der Waals surface area contributed by atoms with Gasteiger partial charge in [-0.3, -0.25) is 4.99 Å². The van der Waals surface area contributed by atoms with Crippen molar-refractivity contribution in [3.63, 3.8) is 0 Å². The minimum absolute atomic E-state index is 0.285. The zero-order chi connectivity index (χ0) is 18.8. The average Bonchev–Trinajstić information content (AvgIpc) is 2.90. The monoisotopic (exact) mass is 346 g/mol. The fourth-order valence-corrected chi connectivity index (χ4v) is 3.08. The van der Waals surface area contributed by atoms with Gasteiger partial charge in [0, 0.05) is 28.9 Å². The van der Waals surface area contributed by atoms with Crippen molar-refractivity contribution in [3.05, 3.63) is 82.2 Å². The molecule has 1 aromatic heterocycles. The zero-order valence-corrected chi connectivity index (χ0v) is 15.4. The number of aryl methyl sites for hydroxylation is 2. The van der Waals surface area contributed by atoms with Crippen LogP contribution in [0.1, 0.15) is 38.4 Å². The van der Waals surface area contributed by atoms with E-state index in [0.717, 1.165) is 28.3 Å². The molecule has 3 aromatic rings. The van der Waals surface area contributed by atoms with E-state index in [1.54, 1.807) is 12.1 Å². The Bertz CT molecular complexity index is 996. The molecule has 0 bridgehead atoms. The highest BCUT2D eigenvalue weighted by atomic mass is 16.4. The minimum atomic E-state index is -0.918. The lowest BCUT2D eigenvalue weighted by Crippen LogP contribution is -2.01. The first-order chi connectivity index (χ1) is 12.4. The Morgan fingerprint density at radius 2 is 1.73 bits per heavy atom. The maximum Gasteiger partial charge on any atom is 0.335 e. The fourth-order valence-electron chi connectivity index (χ4n) is 3.08. The van der Waals surface area contributed by atoms with E-state index in [9.17, 15) is 4.79 Å². The number of nitrogens with zero attached hydrogens (tertiary/aromatic N) is 2. The van der Waals surface area contributed by atoms with Crippen LogP contribution >= 0.6 is 0 Å². The van der Waals surface area contributed by atoms with Crippen molar-refractivity contribution in [3.8, 4) is 5.69 Å². The molecule has 0 unspecified atom stereocenters. The molecule has 26 heavy (non-hydrogen) atoms. The topological polar surface area (TPSA) is 54.6 Å². The van der Waals surface area contributed by atoms with E-state index in [1.807, 2.05) is 44.3 Å². The van der Waals surface area contributed by atoms with Crippen molar-refractivity contribution < 1.29 is 9.90 Å². The summed E-state index contributed by atoms with van der Waals surface area (Å²) in [7, 11) is 0. The summed E-state index contributed by atoms with van der Waals surface area (Å²) in [6, 6.07) is 15.1. The van der Waals surface area contributed by atoms with Crippen LogP contribution in [0.25, 0.3) is 5.69 Å². The Kier molecular flexibility index (Phi) is 4.76. The molecule has 0 saturated heterocycles. The summed E-state index contributed by atoms with van der Waals surface area (Å²) < 4.78 is 2.11. The highest BCUT2D eigenvalue weighted by Gasteiger charge is 2.10. The van der Waals surface area contributed by atoms with Gasteiger partial charge in [-0.05, 0) is 75.2 Å². The van der Waals surface area contributed by atoms with Crippen LogP contribution in [-0.2, 0) is 0 Å². The molecule has 0 aliphatic rings. The van der Waals surface area contributed by atoms with E-state index in [0.29, 0.717) is 0 Å². The Morgan fingerprint density at radius 3 is 2.38 bits per heavy atom. The molecule has 3 rings (SSSR count). The Labute approximate surface area is 153 Å². The summed E-state index contributed by atoms with van der Waals surface area (Å²) in [5.41, 5.74) is 7.80. The molecule has 1 N–H and O–H groups in total. The van der Waals surface area contributed by atoms with Crippen molar-refractivity contribution in [2.45, 2.75) is 27.7 Å². The normalized spacial score (nSPS) is 11.2. The van der Waals surface area contributed by atoms with E-state index >= 15 is 0 Å². The number of carboxylic acids is 1. The molecule has 132 valence electrons. The lowest BCUT2D eigenvalue weighted by Gasteiger charge is -2.10. The molecule has 0 spiro atoms. The number of aromatic nitrogens is 1. The number of hydrogen-bond donors (Lipinski definition) is 1. The largest absolute Gasteiger partial charge is 0.478 e. The van der Waals surface area contributed by atoms with Crippen LogP contribution in [0.5, 0.6) is 0 Å². The highest BCUT2D eigenvalue weighted by molar-refractivity contribution is 5.88. The van der Waals surface area contributed by atoms with Gasteiger partial charge in [0.1, 0.15) is 0 Å². The SMILES string of the molecule is Cc1cccc(N=Cc2cc(C)n(-c3ccc(C(=O)O)cc3)c2C)c1C. The second-order valence-corrected chi connectivity index (χ2v) is 6.49. The quantitative estimate of drug-likeness (QED) is 0.663. The fraction of sp³-hybridized carbons (Fsp3) is 0.182. The van der Waals surface area contributed by atoms with E-state index < -0.39 is 5.97 Å². The third-order valence-corrected chi connectivity index (χ3v) is 4.76. The molecular formula is C22H22N2O2. The van der Waals surface area contributed by atoms with Crippen molar-refractivity contribution in [2.24, 2.45) is 4.99 Å². The van der Waals surface area contributed by atoms with Crippen LogP contribution in [0.15, 0.2) is 53.5 Å². The lowest BCUT2D eigenvalue weighted by molar-refractivity contribution is 0.0697. The van der Waals surface area contributed by atoms with Gasteiger partial charge < -0.3 is 9.67 Å². The molecule has 0 atom stereocenters. The number of aromatic carboxylic acids is 1. The zero-order valence-electron chi connectivity index (χ0n) is 15.4. The molecule has 0 aliphatic heterocycles. The van der Waals surface area contributed by atoms with Crippen LogP contribution in [-0.4, -0.2) is 21.9 Å². The molecular weight excluding hydrogens is 324 g/mol. The van der Waals surface area contributed by atoms with E-state index in [1.165, 1.54) is 11.1 Å². The summed E-state index contributed by atoms with van der Waals surface area (Å²) in [5, 5.41) is 9.06. The molecule has 4 heteroatoms. The van der Waals surface area contributed by atoms with Crippen LogP contribution in [0.4, 0.5) is 5.69 Å². The van der Waals surface area contributed by atoms with Crippen molar-refractivity contribution in [2.75, 3.05) is 0 Å². The molecule has 0 aliphatic carbocycles. The van der Waals surface area contributed by atoms with Crippen molar-refractivity contribution in [1.29, 1.82) is 0 Å². The average molecular weight is 346 g/mol. The smallest absolute Gasteiger partial charge is 0.335 e. The van der Waals surface area contributed by atoms with Gasteiger partial charge in [-0.15, -0.1) is 0 Å². The summed E-state index contributed by atoms with van der Waals surface area (Å²) >= 11 is 0. The second-order valence-electron chi connectivity index (χ2n) is 6.49. The maximum absolute atomic E-state index is 11.0. The van der Waals surface area contributed by atoms with Gasteiger partial charge >= 0.3 is 5.97 Å². The number of hydrogen-bond acceptors (Lipinski definition) is 2. The van der Waals surface area contributed by atoms with Gasteiger partial charge in [0.15, 0.2) is 0 Å². The molecule has 0 fully saturated rings. The summed E-state index contributed by atoms with van der Waals surface area (Å²) in [6.45, 7) is 8.24. The standard InChI is InChI=1S/C22H22N2O2/c1-14-6-5-7-21(16(14)3)23-13-19-12-15(2)24(17(19)4)20-10-8-18(9-11-20)22(25)26/h5-13H,1-4H3,(H,25,26). The molecule has 0 radical (unpaired) electrons. The molecule has 0 saturated carbocycles. The number of aliphatic imine (C=N–C) groups is 1. The van der Waals surface area contributed by atoms with Crippen LogP contribution < -0.4 is 0 Å². The number of benzene rings is 2. The van der Waals surface area contributed by atoms with E-state index in [2.05, 4.69) is 35.5 Å². The van der Waals surface area contributed by atoms with Gasteiger partial charge in [-0.25, -0.2) is 4.79 Å². The van der Waals surface area contributed by atoms with Gasteiger partial charge in [0.05, 0.1) is 11.3 Å². The summed E-state index contributed by atoms with van der Waals surface area (Å²) in [6.07, 6.45) is 1.90. The summed E-state index contributed by atoms with van der Waals surface area (Å²) in [5.74, 6) is -0.918. The van der Waals surface area contributed by atoms with Crippen LogP contribution in [0, 0.1) is 27.7 Å². The Balaban J connectivity index is 1.96. The molecule has 0 amide bonds. The van der Waals surface area contributed by atoms with Gasteiger partial charge in [-0.1, -0.05) is 12.1 Å². The Morgan fingerprint density at radius 1 is 1.04 bits per heavy atom. The predicted molar refractivity (Wildman–Crippen MR) is 105 cm³/mol. The molecule has 4 nitrogen and oxygen atoms in total.